The first-order valence-corrected chi connectivity index (χ1v) is 7.39. The van der Waals surface area contributed by atoms with Gasteiger partial charge in [-0.15, -0.1) is 0 Å². The molecule has 0 heterocycles. The second-order valence-electron chi connectivity index (χ2n) is 5.70. The van der Waals surface area contributed by atoms with Crippen molar-refractivity contribution in [1.29, 1.82) is 0 Å². The Balaban J connectivity index is 3.27. The first-order valence-electron chi connectivity index (χ1n) is 6.24. The van der Waals surface area contributed by atoms with Gasteiger partial charge in [0.2, 0.25) is 0 Å². The van der Waals surface area contributed by atoms with Gasteiger partial charge in [-0.2, -0.15) is 13.2 Å². The fourth-order valence-electron chi connectivity index (χ4n) is 1.36. The van der Waals surface area contributed by atoms with E-state index in [2.05, 4.69) is 0 Å². The van der Waals surface area contributed by atoms with Crippen LogP contribution in [0, 0.1) is 12.3 Å². The molecular formula is C15H17F3O2S. The van der Waals surface area contributed by atoms with Crippen LogP contribution in [-0.4, -0.2) is 16.2 Å². The number of halogens is 3. The highest BCUT2D eigenvalue weighted by Crippen LogP contribution is 2.32. The molecule has 1 atom stereocenters. The van der Waals surface area contributed by atoms with Crippen molar-refractivity contribution in [2.45, 2.75) is 38.8 Å². The summed E-state index contributed by atoms with van der Waals surface area (Å²) in [6.45, 7) is 6.30. The summed E-state index contributed by atoms with van der Waals surface area (Å²) >= 11 is 0. The third-order valence-electron chi connectivity index (χ3n) is 2.72. The Morgan fingerprint density at radius 2 is 1.57 bits per heavy atom. The number of alkyl halides is 3. The molecule has 0 bridgehead atoms. The van der Waals surface area contributed by atoms with Crippen molar-refractivity contribution >= 4 is 16.6 Å². The van der Waals surface area contributed by atoms with Gasteiger partial charge in [-0.05, 0) is 19.1 Å². The van der Waals surface area contributed by atoms with E-state index in [1.54, 1.807) is 19.1 Å². The van der Waals surface area contributed by atoms with Gasteiger partial charge in [0.1, 0.15) is 4.91 Å². The molecular weight excluding hydrogens is 301 g/mol. The van der Waals surface area contributed by atoms with Crippen LogP contribution in [0.4, 0.5) is 13.2 Å². The first-order chi connectivity index (χ1) is 9.43. The highest BCUT2D eigenvalue weighted by molar-refractivity contribution is 7.89. The molecule has 0 N–H and O–H groups in total. The second kappa shape index (κ2) is 6.13. The number of ketones is 1. The Bertz CT molecular complexity index is 578. The molecule has 0 amide bonds. The minimum atomic E-state index is -4.82. The van der Waals surface area contributed by atoms with Crippen LogP contribution in [0.2, 0.25) is 0 Å². The van der Waals surface area contributed by atoms with E-state index in [-0.39, 0.29) is 4.90 Å². The lowest BCUT2D eigenvalue weighted by atomic mass is 9.90. The van der Waals surface area contributed by atoms with Crippen LogP contribution in [-0.2, 0) is 15.6 Å². The van der Waals surface area contributed by atoms with Gasteiger partial charge in [0.25, 0.3) is 0 Å². The van der Waals surface area contributed by atoms with Gasteiger partial charge in [-0.1, -0.05) is 38.5 Å². The summed E-state index contributed by atoms with van der Waals surface area (Å²) in [5, 5.41) is 0. The Morgan fingerprint density at radius 1 is 1.10 bits per heavy atom. The monoisotopic (exact) mass is 318 g/mol. The predicted octanol–water partition coefficient (Wildman–Crippen LogP) is 4.16. The van der Waals surface area contributed by atoms with Gasteiger partial charge >= 0.3 is 6.18 Å². The number of hydrogen-bond acceptors (Lipinski definition) is 2. The smallest absolute Gasteiger partial charge is 0.294 e. The third-order valence-corrected chi connectivity index (χ3v) is 4.16. The molecule has 0 aliphatic heterocycles. The first kappa shape index (κ1) is 17.6. The van der Waals surface area contributed by atoms with Crippen LogP contribution in [0.25, 0.3) is 0 Å². The number of carbonyl (C=O) groups excluding carboxylic acids is 1. The maximum Gasteiger partial charge on any atom is 0.425 e. The Labute approximate surface area is 124 Å². The highest BCUT2D eigenvalue weighted by atomic mass is 32.2. The second-order valence-corrected chi connectivity index (χ2v) is 7.15. The molecule has 0 fully saturated rings. The topological polar surface area (TPSA) is 34.1 Å². The van der Waals surface area contributed by atoms with Gasteiger partial charge in [0.05, 0.1) is 10.8 Å². The molecule has 21 heavy (non-hydrogen) atoms. The van der Waals surface area contributed by atoms with Crippen LogP contribution >= 0.6 is 0 Å². The summed E-state index contributed by atoms with van der Waals surface area (Å²) in [4.78, 5) is 10.5. The van der Waals surface area contributed by atoms with Crippen molar-refractivity contribution < 1.29 is 22.2 Å². The minimum absolute atomic E-state index is 0.0193. The fraction of sp³-hybridized carbons (Fsp3) is 0.400. The molecule has 2 nitrogen and oxygen atoms in total. The zero-order valence-corrected chi connectivity index (χ0v) is 13.1. The average Bonchev–Trinajstić information content (AvgIpc) is 2.33. The molecule has 1 aromatic carbocycles. The molecule has 0 saturated heterocycles. The van der Waals surface area contributed by atoms with E-state index in [1.165, 1.54) is 32.9 Å². The summed E-state index contributed by atoms with van der Waals surface area (Å²) in [6.07, 6.45) is -4.37. The van der Waals surface area contributed by atoms with Crippen molar-refractivity contribution in [3.05, 3.63) is 40.8 Å². The molecule has 0 aliphatic rings. The molecule has 116 valence electrons. The lowest BCUT2D eigenvalue weighted by Gasteiger charge is -2.16. The van der Waals surface area contributed by atoms with Gasteiger partial charge in [0.15, 0.2) is 5.78 Å². The maximum atomic E-state index is 13.1. The molecule has 0 aromatic heterocycles. The summed E-state index contributed by atoms with van der Waals surface area (Å²) in [7, 11) is -2.44. The van der Waals surface area contributed by atoms with Crippen molar-refractivity contribution in [1.82, 2.24) is 0 Å². The molecule has 0 saturated carbocycles. The number of carbonyl (C=O) groups is 1. The Kier molecular flexibility index (Phi) is 5.15. The SMILES string of the molecule is Cc1ccc(S(=O)/C(=C\C(=O)C(C)(C)C)C(F)(F)F)cc1. The van der Waals surface area contributed by atoms with E-state index in [4.69, 9.17) is 0 Å². The zero-order valence-electron chi connectivity index (χ0n) is 12.2. The summed E-state index contributed by atoms with van der Waals surface area (Å²) in [5.41, 5.74) is -0.118. The van der Waals surface area contributed by atoms with Crippen molar-refractivity contribution in [3.8, 4) is 0 Å². The molecule has 1 rings (SSSR count). The molecule has 6 heteroatoms. The van der Waals surface area contributed by atoms with E-state index in [9.17, 15) is 22.2 Å². The van der Waals surface area contributed by atoms with Crippen molar-refractivity contribution in [3.63, 3.8) is 0 Å². The largest absolute Gasteiger partial charge is 0.425 e. The van der Waals surface area contributed by atoms with Gasteiger partial charge in [-0.3, -0.25) is 4.79 Å². The molecule has 1 aromatic rings. The van der Waals surface area contributed by atoms with Crippen LogP contribution < -0.4 is 0 Å². The standard InChI is InChI=1S/C15H17F3O2S/c1-10-5-7-11(8-6-10)21(20)13(15(16,17)18)9-12(19)14(2,3)4/h5-9H,1-4H3/b13-9-. The number of allylic oxidation sites excluding steroid dienone is 2. The van der Waals surface area contributed by atoms with Crippen LogP contribution in [0.5, 0.6) is 0 Å². The van der Waals surface area contributed by atoms with E-state index >= 15 is 0 Å². The average molecular weight is 318 g/mol. The Morgan fingerprint density at radius 3 is 1.95 bits per heavy atom. The van der Waals surface area contributed by atoms with Crippen molar-refractivity contribution in [2.24, 2.45) is 5.41 Å². The maximum absolute atomic E-state index is 13.1. The number of aryl methyl sites for hydroxylation is 1. The lowest BCUT2D eigenvalue weighted by Crippen LogP contribution is -2.23. The third kappa shape index (κ3) is 4.81. The van der Waals surface area contributed by atoms with Crippen LogP contribution in [0.3, 0.4) is 0 Å². The number of rotatable bonds is 3. The van der Waals surface area contributed by atoms with E-state index < -0.39 is 33.1 Å². The van der Waals surface area contributed by atoms with E-state index in [0.717, 1.165) is 5.56 Å². The molecule has 1 unspecified atom stereocenters. The Hall–Kier alpha value is -1.43. The van der Waals surface area contributed by atoms with E-state index in [1.807, 2.05) is 0 Å². The minimum Gasteiger partial charge on any atom is -0.294 e. The quantitative estimate of drug-likeness (QED) is 0.784. The lowest BCUT2D eigenvalue weighted by molar-refractivity contribution is -0.122. The highest BCUT2D eigenvalue weighted by Gasteiger charge is 2.40. The summed E-state index contributed by atoms with van der Waals surface area (Å²) < 4.78 is 51.3. The summed E-state index contributed by atoms with van der Waals surface area (Å²) in [6, 6.07) is 5.89. The molecule has 0 spiro atoms. The van der Waals surface area contributed by atoms with Crippen molar-refractivity contribution in [2.75, 3.05) is 0 Å². The summed E-state index contributed by atoms with van der Waals surface area (Å²) in [5.74, 6) is -0.713. The number of hydrogen-bond donors (Lipinski definition) is 0. The van der Waals surface area contributed by atoms with Crippen LogP contribution in [0.1, 0.15) is 26.3 Å². The van der Waals surface area contributed by atoms with Gasteiger partial charge in [-0.25, -0.2) is 4.21 Å². The normalized spacial score (nSPS) is 14.9. The molecule has 0 aliphatic carbocycles. The zero-order chi connectivity index (χ0) is 16.4. The fourth-order valence-corrected chi connectivity index (χ4v) is 2.43. The van der Waals surface area contributed by atoms with Gasteiger partial charge < -0.3 is 0 Å². The van der Waals surface area contributed by atoms with E-state index in [0.29, 0.717) is 6.08 Å². The molecule has 0 radical (unpaired) electrons. The number of benzene rings is 1. The van der Waals surface area contributed by atoms with Gasteiger partial charge in [0, 0.05) is 16.4 Å². The predicted molar refractivity (Wildman–Crippen MR) is 76.2 cm³/mol. The van der Waals surface area contributed by atoms with Crippen LogP contribution in [0.15, 0.2) is 40.1 Å².